The molecule has 0 N–H and O–H groups in total. The Balaban J connectivity index is 2.15. The maximum Gasteiger partial charge on any atom is 0.0630 e. The molecule has 0 radical (unpaired) electrons. The average molecular weight is 230 g/mol. The van der Waals surface area contributed by atoms with Gasteiger partial charge in [-0.15, -0.1) is 0 Å². The molecule has 1 aromatic heterocycles. The normalized spacial score (nSPS) is 10.9. The van der Waals surface area contributed by atoms with E-state index in [1.165, 1.54) is 5.56 Å². The standard InChI is InChI=1S/C14H12ClN/c1-11-2-8-14(16-10-11)9-5-12-3-6-13(15)7-4-12/h2-10H,1H3/b9-5+. The molecule has 2 aromatic rings. The zero-order chi connectivity index (χ0) is 11.4. The number of rotatable bonds is 2. The fraction of sp³-hybridized carbons (Fsp3) is 0.0714. The van der Waals surface area contributed by atoms with E-state index < -0.39 is 0 Å². The molecule has 16 heavy (non-hydrogen) atoms. The second-order valence-electron chi connectivity index (χ2n) is 3.65. The largest absolute Gasteiger partial charge is 0.257 e. The molecule has 0 aliphatic carbocycles. The summed E-state index contributed by atoms with van der Waals surface area (Å²) in [4.78, 5) is 4.30. The highest BCUT2D eigenvalue weighted by atomic mass is 35.5. The predicted molar refractivity (Wildman–Crippen MR) is 69.4 cm³/mol. The molecule has 0 unspecified atom stereocenters. The monoisotopic (exact) mass is 229 g/mol. The highest BCUT2D eigenvalue weighted by molar-refractivity contribution is 6.30. The van der Waals surface area contributed by atoms with E-state index in [9.17, 15) is 0 Å². The average Bonchev–Trinajstić information content (AvgIpc) is 2.30. The Kier molecular flexibility index (Phi) is 3.37. The minimum Gasteiger partial charge on any atom is -0.257 e. The zero-order valence-electron chi connectivity index (χ0n) is 9.02. The summed E-state index contributed by atoms with van der Waals surface area (Å²) in [5, 5.41) is 0.755. The molecule has 1 heterocycles. The van der Waals surface area contributed by atoms with Gasteiger partial charge in [-0.1, -0.05) is 35.9 Å². The third kappa shape index (κ3) is 2.94. The molecule has 1 aromatic carbocycles. The Bertz CT molecular complexity index is 436. The van der Waals surface area contributed by atoms with Crippen molar-refractivity contribution < 1.29 is 0 Å². The summed E-state index contributed by atoms with van der Waals surface area (Å²) in [6, 6.07) is 11.8. The zero-order valence-corrected chi connectivity index (χ0v) is 9.78. The van der Waals surface area contributed by atoms with Crippen molar-refractivity contribution in [3.8, 4) is 0 Å². The SMILES string of the molecule is Cc1ccc(/C=C/c2ccc(Cl)cc2)nc1. The van der Waals surface area contributed by atoms with Crippen LogP contribution < -0.4 is 0 Å². The first-order valence-corrected chi connectivity index (χ1v) is 5.48. The lowest BCUT2D eigenvalue weighted by Gasteiger charge is -1.95. The van der Waals surface area contributed by atoms with Gasteiger partial charge in [0.2, 0.25) is 0 Å². The summed E-state index contributed by atoms with van der Waals surface area (Å²) < 4.78 is 0. The highest BCUT2D eigenvalue weighted by Crippen LogP contribution is 2.12. The van der Waals surface area contributed by atoms with Crippen LogP contribution in [0.5, 0.6) is 0 Å². The molecule has 0 atom stereocenters. The first-order valence-electron chi connectivity index (χ1n) is 5.10. The number of benzene rings is 1. The Labute approximate surface area is 100 Å². The van der Waals surface area contributed by atoms with Crippen LogP contribution >= 0.6 is 11.6 Å². The van der Waals surface area contributed by atoms with Gasteiger partial charge in [0, 0.05) is 11.2 Å². The van der Waals surface area contributed by atoms with Crippen LogP contribution in [0.2, 0.25) is 5.02 Å². The number of halogens is 1. The quantitative estimate of drug-likeness (QED) is 0.752. The van der Waals surface area contributed by atoms with Gasteiger partial charge in [-0.3, -0.25) is 4.98 Å². The Morgan fingerprint density at radius 1 is 1.00 bits per heavy atom. The first kappa shape index (κ1) is 10.9. The molecule has 0 spiro atoms. The number of aryl methyl sites for hydroxylation is 1. The maximum absolute atomic E-state index is 5.81. The van der Waals surface area contributed by atoms with Crippen LogP contribution in [0, 0.1) is 6.92 Å². The molecular formula is C14H12ClN. The molecule has 0 saturated heterocycles. The summed E-state index contributed by atoms with van der Waals surface area (Å²) in [5.74, 6) is 0. The molecule has 0 aliphatic rings. The minimum absolute atomic E-state index is 0.755. The van der Waals surface area contributed by atoms with E-state index in [-0.39, 0.29) is 0 Å². The van der Waals surface area contributed by atoms with Crippen molar-refractivity contribution in [3.63, 3.8) is 0 Å². The maximum atomic E-state index is 5.81. The van der Waals surface area contributed by atoms with Gasteiger partial charge in [-0.2, -0.15) is 0 Å². The van der Waals surface area contributed by atoms with Crippen molar-refractivity contribution in [1.82, 2.24) is 4.98 Å². The lowest BCUT2D eigenvalue weighted by molar-refractivity contribution is 1.25. The molecule has 0 aliphatic heterocycles. The fourth-order valence-corrected chi connectivity index (χ4v) is 1.46. The summed E-state index contributed by atoms with van der Waals surface area (Å²) in [6.07, 6.45) is 5.87. The van der Waals surface area contributed by atoms with E-state index in [2.05, 4.69) is 11.1 Å². The van der Waals surface area contributed by atoms with Gasteiger partial charge in [0.25, 0.3) is 0 Å². The van der Waals surface area contributed by atoms with E-state index in [0.29, 0.717) is 0 Å². The molecule has 0 bridgehead atoms. The van der Waals surface area contributed by atoms with Crippen LogP contribution in [-0.4, -0.2) is 4.98 Å². The Hall–Kier alpha value is -1.60. The topological polar surface area (TPSA) is 12.9 Å². The van der Waals surface area contributed by atoms with Gasteiger partial charge < -0.3 is 0 Å². The third-order valence-corrected chi connectivity index (χ3v) is 2.50. The number of nitrogens with zero attached hydrogens (tertiary/aromatic N) is 1. The molecule has 0 fully saturated rings. The molecule has 0 saturated carbocycles. The van der Waals surface area contributed by atoms with Crippen molar-refractivity contribution in [2.45, 2.75) is 6.92 Å². The second-order valence-corrected chi connectivity index (χ2v) is 4.08. The molecule has 80 valence electrons. The predicted octanol–water partition coefficient (Wildman–Crippen LogP) is 4.21. The molecule has 2 heteroatoms. The molecule has 1 nitrogen and oxygen atoms in total. The van der Waals surface area contributed by atoms with E-state index in [0.717, 1.165) is 16.3 Å². The van der Waals surface area contributed by atoms with Crippen LogP contribution in [0.15, 0.2) is 42.6 Å². The van der Waals surface area contributed by atoms with Gasteiger partial charge in [-0.05, 0) is 42.3 Å². The van der Waals surface area contributed by atoms with Gasteiger partial charge in [-0.25, -0.2) is 0 Å². The van der Waals surface area contributed by atoms with E-state index in [1.807, 2.05) is 55.6 Å². The van der Waals surface area contributed by atoms with Gasteiger partial charge >= 0.3 is 0 Å². The van der Waals surface area contributed by atoms with Gasteiger partial charge in [0.1, 0.15) is 0 Å². The van der Waals surface area contributed by atoms with Gasteiger partial charge in [0.15, 0.2) is 0 Å². The first-order chi connectivity index (χ1) is 7.74. The van der Waals surface area contributed by atoms with Crippen molar-refractivity contribution in [3.05, 3.63) is 64.4 Å². The van der Waals surface area contributed by atoms with Crippen LogP contribution in [0.1, 0.15) is 16.8 Å². The smallest absolute Gasteiger partial charge is 0.0630 e. The fourth-order valence-electron chi connectivity index (χ4n) is 1.33. The lowest BCUT2D eigenvalue weighted by Crippen LogP contribution is -1.80. The van der Waals surface area contributed by atoms with E-state index >= 15 is 0 Å². The number of hydrogen-bond donors (Lipinski definition) is 0. The van der Waals surface area contributed by atoms with E-state index in [1.54, 1.807) is 0 Å². The van der Waals surface area contributed by atoms with E-state index in [4.69, 9.17) is 11.6 Å². The molecule has 0 amide bonds. The van der Waals surface area contributed by atoms with Crippen LogP contribution in [0.4, 0.5) is 0 Å². The number of aromatic nitrogens is 1. The Morgan fingerprint density at radius 2 is 1.75 bits per heavy atom. The third-order valence-electron chi connectivity index (χ3n) is 2.25. The highest BCUT2D eigenvalue weighted by Gasteiger charge is 1.90. The minimum atomic E-state index is 0.755. The van der Waals surface area contributed by atoms with Crippen LogP contribution in [0.3, 0.4) is 0 Å². The molecule has 2 rings (SSSR count). The molecular weight excluding hydrogens is 218 g/mol. The summed E-state index contributed by atoms with van der Waals surface area (Å²) in [7, 11) is 0. The summed E-state index contributed by atoms with van der Waals surface area (Å²) >= 11 is 5.81. The van der Waals surface area contributed by atoms with Crippen molar-refractivity contribution in [2.24, 2.45) is 0 Å². The lowest BCUT2D eigenvalue weighted by atomic mass is 10.2. The van der Waals surface area contributed by atoms with Crippen LogP contribution in [-0.2, 0) is 0 Å². The van der Waals surface area contributed by atoms with Crippen molar-refractivity contribution in [2.75, 3.05) is 0 Å². The van der Waals surface area contributed by atoms with Gasteiger partial charge in [0.05, 0.1) is 5.69 Å². The summed E-state index contributed by atoms with van der Waals surface area (Å²) in [5.41, 5.74) is 3.25. The second kappa shape index (κ2) is 4.95. The van der Waals surface area contributed by atoms with Crippen LogP contribution in [0.25, 0.3) is 12.2 Å². The number of pyridine rings is 1. The summed E-state index contributed by atoms with van der Waals surface area (Å²) in [6.45, 7) is 2.03. The number of hydrogen-bond acceptors (Lipinski definition) is 1. The van der Waals surface area contributed by atoms with Crippen molar-refractivity contribution >= 4 is 23.8 Å². The Morgan fingerprint density at radius 3 is 2.38 bits per heavy atom. The van der Waals surface area contributed by atoms with Crippen molar-refractivity contribution in [1.29, 1.82) is 0 Å².